The topological polar surface area (TPSA) is 68.1 Å². The highest BCUT2D eigenvalue weighted by atomic mass is 35.5. The molecule has 0 unspecified atom stereocenters. The molecule has 3 rings (SSSR count). The van der Waals surface area contributed by atoms with Crippen molar-refractivity contribution in [1.29, 1.82) is 0 Å². The van der Waals surface area contributed by atoms with Gasteiger partial charge in [0.05, 0.1) is 29.9 Å². The van der Waals surface area contributed by atoms with E-state index in [0.717, 1.165) is 4.90 Å². The molecule has 1 saturated heterocycles. The Morgan fingerprint density at radius 3 is 2.64 bits per heavy atom. The number of imide groups is 1. The Hall–Kier alpha value is -1.93. The molecule has 1 aliphatic rings. The first-order chi connectivity index (χ1) is 10.5. The van der Waals surface area contributed by atoms with E-state index in [4.69, 9.17) is 11.6 Å². The minimum Gasteiger partial charge on any atom is -0.275 e. The van der Waals surface area contributed by atoms with E-state index >= 15 is 0 Å². The number of amides is 2. The number of hydrogen-bond donors (Lipinski definition) is 0. The Bertz CT molecular complexity index is 715. The molecule has 1 aromatic carbocycles. The number of halogens is 2. The van der Waals surface area contributed by atoms with Gasteiger partial charge in [0.1, 0.15) is 11.5 Å². The van der Waals surface area contributed by atoms with Crippen LogP contribution in [0.5, 0.6) is 0 Å². The van der Waals surface area contributed by atoms with Crippen LogP contribution in [0.1, 0.15) is 5.69 Å². The Labute approximate surface area is 134 Å². The summed E-state index contributed by atoms with van der Waals surface area (Å²) in [7, 11) is 0. The third-order valence-electron chi connectivity index (χ3n) is 3.03. The van der Waals surface area contributed by atoms with Gasteiger partial charge in [0.25, 0.3) is 0 Å². The average Bonchev–Trinajstić information content (AvgIpc) is 2.91. The van der Waals surface area contributed by atoms with Crippen molar-refractivity contribution in [2.75, 3.05) is 11.5 Å². The number of carbonyl (C=O) groups excluding carboxylic acids is 2. The fourth-order valence-electron chi connectivity index (χ4n) is 2.03. The molecule has 0 aliphatic carbocycles. The van der Waals surface area contributed by atoms with Crippen molar-refractivity contribution in [3.8, 4) is 5.69 Å². The standard InChI is InChI=1S/C13H10ClFN4O2S/c14-8-1-9(15)3-11(2-8)19-5-10(16-17-19)4-18-12(20)6-22-7-13(18)21/h1-3,5H,4,6-7H2. The highest BCUT2D eigenvalue weighted by Gasteiger charge is 2.27. The van der Waals surface area contributed by atoms with Gasteiger partial charge in [-0.3, -0.25) is 14.5 Å². The van der Waals surface area contributed by atoms with Crippen LogP contribution in [0, 0.1) is 5.82 Å². The molecule has 1 aromatic heterocycles. The first-order valence-electron chi connectivity index (χ1n) is 6.31. The van der Waals surface area contributed by atoms with Crippen LogP contribution in [0.2, 0.25) is 5.02 Å². The van der Waals surface area contributed by atoms with E-state index in [1.165, 1.54) is 40.8 Å². The average molecular weight is 341 g/mol. The third kappa shape index (κ3) is 3.12. The fraction of sp³-hybridized carbons (Fsp3) is 0.231. The third-order valence-corrected chi connectivity index (χ3v) is 4.15. The van der Waals surface area contributed by atoms with E-state index < -0.39 is 5.82 Å². The molecule has 1 fully saturated rings. The maximum absolute atomic E-state index is 13.3. The van der Waals surface area contributed by atoms with E-state index in [1.807, 2.05) is 0 Å². The largest absolute Gasteiger partial charge is 0.275 e. The van der Waals surface area contributed by atoms with E-state index in [0.29, 0.717) is 11.4 Å². The predicted molar refractivity (Wildman–Crippen MR) is 79.2 cm³/mol. The summed E-state index contributed by atoms with van der Waals surface area (Å²) in [6, 6.07) is 3.99. The highest BCUT2D eigenvalue weighted by Crippen LogP contribution is 2.18. The van der Waals surface area contributed by atoms with Crippen LogP contribution in [0.4, 0.5) is 4.39 Å². The maximum atomic E-state index is 13.3. The molecule has 0 atom stereocenters. The fourth-order valence-corrected chi connectivity index (χ4v) is 3.01. The van der Waals surface area contributed by atoms with Gasteiger partial charge in [0, 0.05) is 5.02 Å². The van der Waals surface area contributed by atoms with Gasteiger partial charge >= 0.3 is 0 Å². The first kappa shape index (κ1) is 15.0. The number of carbonyl (C=O) groups is 2. The number of aromatic nitrogens is 3. The lowest BCUT2D eigenvalue weighted by Crippen LogP contribution is -2.42. The summed E-state index contributed by atoms with van der Waals surface area (Å²) in [5.41, 5.74) is 0.851. The van der Waals surface area contributed by atoms with Gasteiger partial charge in [0.2, 0.25) is 11.8 Å². The van der Waals surface area contributed by atoms with Gasteiger partial charge in [-0.1, -0.05) is 16.8 Å². The van der Waals surface area contributed by atoms with Crippen molar-refractivity contribution in [3.05, 3.63) is 40.9 Å². The molecule has 2 aromatic rings. The molecular weight excluding hydrogens is 331 g/mol. The molecule has 0 bridgehead atoms. The lowest BCUT2D eigenvalue weighted by atomic mass is 10.3. The van der Waals surface area contributed by atoms with Gasteiger partial charge in [0.15, 0.2) is 0 Å². The molecule has 0 N–H and O–H groups in total. The zero-order valence-electron chi connectivity index (χ0n) is 11.2. The van der Waals surface area contributed by atoms with Crippen LogP contribution in [0.3, 0.4) is 0 Å². The summed E-state index contributed by atoms with van der Waals surface area (Å²) in [5.74, 6) is -0.425. The van der Waals surface area contributed by atoms with E-state index in [2.05, 4.69) is 10.3 Å². The van der Waals surface area contributed by atoms with Crippen molar-refractivity contribution in [2.45, 2.75) is 6.54 Å². The minimum absolute atomic E-state index is 0.0568. The number of rotatable bonds is 3. The maximum Gasteiger partial charge on any atom is 0.239 e. The van der Waals surface area contributed by atoms with Crippen LogP contribution in [0.15, 0.2) is 24.4 Å². The molecule has 6 nitrogen and oxygen atoms in total. The number of nitrogens with zero attached hydrogens (tertiary/aromatic N) is 4. The second-order valence-corrected chi connectivity index (χ2v) is 6.07. The molecule has 9 heteroatoms. The van der Waals surface area contributed by atoms with Crippen LogP contribution in [-0.2, 0) is 16.1 Å². The molecule has 114 valence electrons. The zero-order chi connectivity index (χ0) is 15.7. The number of hydrogen-bond acceptors (Lipinski definition) is 5. The molecule has 22 heavy (non-hydrogen) atoms. The van der Waals surface area contributed by atoms with Gasteiger partial charge in [-0.25, -0.2) is 9.07 Å². The van der Waals surface area contributed by atoms with Crippen LogP contribution >= 0.6 is 23.4 Å². The van der Waals surface area contributed by atoms with Crippen molar-refractivity contribution < 1.29 is 14.0 Å². The summed E-state index contributed by atoms with van der Waals surface area (Å²) in [4.78, 5) is 24.6. The lowest BCUT2D eigenvalue weighted by molar-refractivity contribution is -0.142. The quantitative estimate of drug-likeness (QED) is 0.795. The Morgan fingerprint density at radius 2 is 1.95 bits per heavy atom. The van der Waals surface area contributed by atoms with Crippen molar-refractivity contribution >= 4 is 35.2 Å². The molecule has 0 spiro atoms. The Kier molecular flexibility index (Phi) is 4.12. The minimum atomic E-state index is -0.488. The highest BCUT2D eigenvalue weighted by molar-refractivity contribution is 8.00. The van der Waals surface area contributed by atoms with Crippen molar-refractivity contribution in [2.24, 2.45) is 0 Å². The molecule has 1 aliphatic heterocycles. The summed E-state index contributed by atoms with van der Waals surface area (Å²) in [6.45, 7) is 0.0568. The smallest absolute Gasteiger partial charge is 0.239 e. The Morgan fingerprint density at radius 1 is 1.23 bits per heavy atom. The van der Waals surface area contributed by atoms with E-state index in [9.17, 15) is 14.0 Å². The van der Waals surface area contributed by atoms with Gasteiger partial charge in [-0.15, -0.1) is 16.9 Å². The molecule has 0 radical (unpaired) electrons. The predicted octanol–water partition coefficient (Wildman–Crippen LogP) is 1.66. The van der Waals surface area contributed by atoms with E-state index in [1.54, 1.807) is 0 Å². The zero-order valence-corrected chi connectivity index (χ0v) is 12.8. The molecular formula is C13H10ClFN4O2S. The van der Waals surface area contributed by atoms with E-state index in [-0.39, 0.29) is 34.9 Å². The molecule has 0 saturated carbocycles. The van der Waals surface area contributed by atoms with Gasteiger partial charge in [-0.05, 0) is 18.2 Å². The summed E-state index contributed by atoms with van der Waals surface area (Å²) in [6.07, 6.45) is 1.54. The number of benzene rings is 1. The lowest BCUT2D eigenvalue weighted by Gasteiger charge is -2.23. The molecule has 2 amide bonds. The monoisotopic (exact) mass is 340 g/mol. The van der Waals surface area contributed by atoms with Crippen LogP contribution < -0.4 is 0 Å². The van der Waals surface area contributed by atoms with Crippen molar-refractivity contribution in [3.63, 3.8) is 0 Å². The van der Waals surface area contributed by atoms with Crippen LogP contribution in [0.25, 0.3) is 5.69 Å². The Balaban J connectivity index is 1.81. The van der Waals surface area contributed by atoms with Gasteiger partial charge < -0.3 is 0 Å². The van der Waals surface area contributed by atoms with Crippen LogP contribution in [-0.4, -0.2) is 43.2 Å². The number of thioether (sulfide) groups is 1. The molecule has 2 heterocycles. The summed E-state index contributed by atoms with van der Waals surface area (Å²) < 4.78 is 14.7. The second kappa shape index (κ2) is 6.05. The first-order valence-corrected chi connectivity index (χ1v) is 7.85. The summed E-state index contributed by atoms with van der Waals surface area (Å²) >= 11 is 7.09. The van der Waals surface area contributed by atoms with Crippen molar-refractivity contribution in [1.82, 2.24) is 19.9 Å². The normalized spacial score (nSPS) is 15.5. The SMILES string of the molecule is O=C1CSCC(=O)N1Cc1cn(-c2cc(F)cc(Cl)c2)nn1. The van der Waals surface area contributed by atoms with Gasteiger partial charge in [-0.2, -0.15) is 0 Å². The summed E-state index contributed by atoms with van der Waals surface area (Å²) in [5, 5.41) is 8.02. The second-order valence-electron chi connectivity index (χ2n) is 4.65.